The largest absolute Gasteiger partial charge is 0.309 e. The lowest BCUT2D eigenvalue weighted by Crippen LogP contribution is -2.15. The lowest BCUT2D eigenvalue weighted by Gasteiger charge is -2.22. The minimum absolute atomic E-state index is 0.00249. The van der Waals surface area contributed by atoms with Crippen molar-refractivity contribution < 1.29 is 0 Å². The third-order valence-electron chi connectivity index (χ3n) is 7.37. The average Bonchev–Trinajstić information content (AvgIpc) is 3.22. The Labute approximate surface area is 190 Å². The van der Waals surface area contributed by atoms with Crippen molar-refractivity contribution >= 4 is 21.8 Å². The van der Waals surface area contributed by atoms with Gasteiger partial charge in [0.25, 0.3) is 0 Å². The Morgan fingerprint density at radius 3 is 2.06 bits per heavy atom. The molecule has 1 nitrogen and oxygen atoms in total. The number of aromatic nitrogens is 1. The van der Waals surface area contributed by atoms with Crippen LogP contribution in [0.5, 0.6) is 0 Å². The highest BCUT2D eigenvalue weighted by molar-refractivity contribution is 6.11. The van der Waals surface area contributed by atoms with Gasteiger partial charge in [0.15, 0.2) is 0 Å². The Hall–Kier alpha value is -3.32. The summed E-state index contributed by atoms with van der Waals surface area (Å²) in [4.78, 5) is 0. The van der Waals surface area contributed by atoms with Crippen LogP contribution in [0.15, 0.2) is 84.9 Å². The Morgan fingerprint density at radius 1 is 0.625 bits per heavy atom. The van der Waals surface area contributed by atoms with Gasteiger partial charge in [-0.25, -0.2) is 0 Å². The number of para-hydroxylation sites is 1. The third-order valence-corrected chi connectivity index (χ3v) is 7.37. The van der Waals surface area contributed by atoms with E-state index in [0.717, 1.165) is 0 Å². The summed E-state index contributed by atoms with van der Waals surface area (Å²) in [5.74, 6) is 0. The molecule has 1 heterocycles. The zero-order chi connectivity index (χ0) is 22.3. The van der Waals surface area contributed by atoms with E-state index in [1.54, 1.807) is 0 Å². The Balaban J connectivity index is 1.68. The normalized spacial score (nSPS) is 14.7. The fourth-order valence-electron chi connectivity index (χ4n) is 5.55. The van der Waals surface area contributed by atoms with Crippen LogP contribution in [-0.2, 0) is 10.8 Å². The molecule has 0 atom stereocenters. The summed E-state index contributed by atoms with van der Waals surface area (Å²) >= 11 is 0. The van der Waals surface area contributed by atoms with Crippen molar-refractivity contribution in [2.45, 2.75) is 45.4 Å². The summed E-state index contributed by atoms with van der Waals surface area (Å²) in [6, 6.07) is 31.7. The van der Waals surface area contributed by atoms with Gasteiger partial charge in [0.1, 0.15) is 0 Å². The van der Waals surface area contributed by atoms with Crippen molar-refractivity contribution in [1.29, 1.82) is 0 Å². The molecule has 0 saturated carbocycles. The molecule has 1 heteroatoms. The smallest absolute Gasteiger partial charge is 0.0544 e. The first-order valence-corrected chi connectivity index (χ1v) is 11.6. The second-order valence-electron chi connectivity index (χ2n) is 10.7. The number of nitrogens with zero attached hydrogens (tertiary/aromatic N) is 1. The van der Waals surface area contributed by atoms with E-state index in [0.29, 0.717) is 0 Å². The maximum atomic E-state index is 2.45. The predicted octanol–water partition coefficient (Wildman–Crippen LogP) is 8.39. The van der Waals surface area contributed by atoms with Crippen LogP contribution in [0.2, 0.25) is 0 Å². The SMILES string of the molecule is CC(C)(C)c1ccc(-n2c3ccccc3c3cc4c(cc32)C(C)(C)c2ccccc2-4)cc1. The van der Waals surface area contributed by atoms with Gasteiger partial charge in [0.05, 0.1) is 11.0 Å². The lowest BCUT2D eigenvalue weighted by atomic mass is 9.82. The molecule has 0 saturated heterocycles. The maximum Gasteiger partial charge on any atom is 0.0544 e. The standard InChI is InChI=1S/C31H29N/c1-30(2,3)20-14-16-21(17-15-20)32-28-13-9-7-11-23(28)25-18-24-22-10-6-8-12-26(22)31(4,5)27(24)19-29(25)32/h6-19H,1-5H3. The van der Waals surface area contributed by atoms with Crippen LogP contribution in [0.4, 0.5) is 0 Å². The van der Waals surface area contributed by atoms with Crippen LogP contribution in [0, 0.1) is 0 Å². The van der Waals surface area contributed by atoms with Gasteiger partial charge in [-0.3, -0.25) is 0 Å². The van der Waals surface area contributed by atoms with Crippen LogP contribution >= 0.6 is 0 Å². The van der Waals surface area contributed by atoms with E-state index in [9.17, 15) is 0 Å². The fourth-order valence-corrected chi connectivity index (χ4v) is 5.55. The third kappa shape index (κ3) is 2.57. The van der Waals surface area contributed by atoms with E-state index in [1.807, 2.05) is 0 Å². The Morgan fingerprint density at radius 2 is 1.31 bits per heavy atom. The minimum atomic E-state index is -0.00249. The zero-order valence-corrected chi connectivity index (χ0v) is 19.5. The summed E-state index contributed by atoms with van der Waals surface area (Å²) in [6.45, 7) is 11.5. The fraction of sp³-hybridized carbons (Fsp3) is 0.226. The van der Waals surface area contributed by atoms with E-state index >= 15 is 0 Å². The molecular formula is C31H29N. The first-order chi connectivity index (χ1) is 15.3. The van der Waals surface area contributed by atoms with E-state index in [1.165, 1.54) is 55.3 Å². The van der Waals surface area contributed by atoms with E-state index in [2.05, 4.69) is 124 Å². The molecular weight excluding hydrogens is 386 g/mol. The second-order valence-corrected chi connectivity index (χ2v) is 10.7. The molecule has 0 bridgehead atoms. The molecule has 1 aliphatic rings. The van der Waals surface area contributed by atoms with Gasteiger partial charge >= 0.3 is 0 Å². The molecule has 0 radical (unpaired) electrons. The summed E-state index contributed by atoms with van der Waals surface area (Å²) < 4.78 is 2.44. The van der Waals surface area contributed by atoms with Crippen molar-refractivity contribution in [3.05, 3.63) is 102 Å². The molecule has 0 aliphatic heterocycles. The molecule has 0 spiro atoms. The van der Waals surface area contributed by atoms with E-state index in [-0.39, 0.29) is 10.8 Å². The van der Waals surface area contributed by atoms with Crippen molar-refractivity contribution in [3.63, 3.8) is 0 Å². The highest BCUT2D eigenvalue weighted by Gasteiger charge is 2.36. The second kappa shape index (κ2) is 6.36. The highest BCUT2D eigenvalue weighted by atomic mass is 15.0. The van der Waals surface area contributed by atoms with E-state index < -0.39 is 0 Å². The summed E-state index contributed by atoms with van der Waals surface area (Å²) in [7, 11) is 0. The molecule has 5 aromatic rings. The summed E-state index contributed by atoms with van der Waals surface area (Å²) in [6.07, 6.45) is 0. The molecule has 1 aliphatic carbocycles. The highest BCUT2D eigenvalue weighted by Crippen LogP contribution is 2.50. The van der Waals surface area contributed by atoms with Gasteiger partial charge < -0.3 is 4.57 Å². The van der Waals surface area contributed by atoms with Gasteiger partial charge in [-0.1, -0.05) is 89.2 Å². The number of fused-ring (bicyclic) bond motifs is 6. The molecule has 0 fully saturated rings. The molecule has 0 unspecified atom stereocenters. The molecule has 1 aromatic heterocycles. The van der Waals surface area contributed by atoms with Crippen molar-refractivity contribution in [3.8, 4) is 16.8 Å². The van der Waals surface area contributed by atoms with Crippen LogP contribution in [0.3, 0.4) is 0 Å². The monoisotopic (exact) mass is 415 g/mol. The summed E-state index contributed by atoms with van der Waals surface area (Å²) in [5.41, 5.74) is 10.9. The lowest BCUT2D eigenvalue weighted by molar-refractivity contribution is 0.590. The van der Waals surface area contributed by atoms with Crippen molar-refractivity contribution in [2.24, 2.45) is 0 Å². The van der Waals surface area contributed by atoms with Crippen LogP contribution < -0.4 is 0 Å². The van der Waals surface area contributed by atoms with Gasteiger partial charge in [-0.2, -0.15) is 0 Å². The van der Waals surface area contributed by atoms with Gasteiger partial charge in [-0.05, 0) is 63.6 Å². The van der Waals surface area contributed by atoms with Crippen LogP contribution in [-0.4, -0.2) is 4.57 Å². The maximum absolute atomic E-state index is 2.45. The number of hydrogen-bond acceptors (Lipinski definition) is 0. The van der Waals surface area contributed by atoms with E-state index in [4.69, 9.17) is 0 Å². The topological polar surface area (TPSA) is 4.93 Å². The molecule has 4 aromatic carbocycles. The van der Waals surface area contributed by atoms with Crippen molar-refractivity contribution in [1.82, 2.24) is 4.57 Å². The van der Waals surface area contributed by atoms with Gasteiger partial charge in [0.2, 0.25) is 0 Å². The molecule has 158 valence electrons. The first-order valence-electron chi connectivity index (χ1n) is 11.6. The Bertz CT molecular complexity index is 1500. The van der Waals surface area contributed by atoms with Crippen molar-refractivity contribution in [2.75, 3.05) is 0 Å². The van der Waals surface area contributed by atoms with Gasteiger partial charge in [0, 0.05) is 21.9 Å². The quantitative estimate of drug-likeness (QED) is 0.259. The van der Waals surface area contributed by atoms with Gasteiger partial charge in [-0.15, -0.1) is 0 Å². The summed E-state index contributed by atoms with van der Waals surface area (Å²) in [5, 5.41) is 2.64. The molecule has 32 heavy (non-hydrogen) atoms. The zero-order valence-electron chi connectivity index (χ0n) is 19.5. The van der Waals surface area contributed by atoms with Crippen LogP contribution in [0.25, 0.3) is 38.6 Å². The average molecular weight is 416 g/mol. The number of rotatable bonds is 1. The predicted molar refractivity (Wildman–Crippen MR) is 137 cm³/mol. The molecule has 6 rings (SSSR count). The number of benzene rings is 4. The molecule has 0 N–H and O–H groups in total. The number of hydrogen-bond donors (Lipinski definition) is 0. The first kappa shape index (κ1) is 19.4. The Kier molecular flexibility index (Phi) is 3.85. The minimum Gasteiger partial charge on any atom is -0.309 e. The van der Waals surface area contributed by atoms with Crippen LogP contribution in [0.1, 0.15) is 51.3 Å². The molecule has 0 amide bonds.